The number of rotatable bonds is 5. The molecule has 0 radical (unpaired) electrons. The molecular formula is C7H13N3O5. The van der Waals surface area contributed by atoms with Crippen molar-refractivity contribution in [1.29, 1.82) is 0 Å². The molecule has 0 fully saturated rings. The van der Waals surface area contributed by atoms with Gasteiger partial charge in [0, 0.05) is 0 Å². The van der Waals surface area contributed by atoms with Crippen LogP contribution in [0.5, 0.6) is 0 Å². The summed E-state index contributed by atoms with van der Waals surface area (Å²) in [5, 5.41) is 12.1. The largest absolute Gasteiger partial charge is 0.399 e. The quantitative estimate of drug-likeness (QED) is 0.254. The maximum absolute atomic E-state index is 11.0. The van der Waals surface area contributed by atoms with Crippen LogP contribution in [0.2, 0.25) is 0 Å². The second kappa shape index (κ2) is 5.91. The Bertz CT molecular complexity index is 265. The van der Waals surface area contributed by atoms with E-state index in [4.69, 9.17) is 5.73 Å². The number of hydrogen-bond donors (Lipinski definition) is 2. The Kier molecular flexibility index (Phi) is 5.24. The van der Waals surface area contributed by atoms with E-state index in [1.165, 1.54) is 13.8 Å². The number of nitrogens with one attached hydrogen (secondary N) is 1. The average Bonchev–Trinajstić information content (AvgIpc) is 2.13. The van der Waals surface area contributed by atoms with E-state index < -0.39 is 35.6 Å². The highest BCUT2D eigenvalue weighted by Gasteiger charge is 2.19. The lowest BCUT2D eigenvalue weighted by Gasteiger charge is -2.13. The highest BCUT2D eigenvalue weighted by molar-refractivity contribution is 5.86. The molecule has 15 heavy (non-hydrogen) atoms. The molecule has 0 spiro atoms. The van der Waals surface area contributed by atoms with Crippen LogP contribution in [0.4, 0.5) is 0 Å². The van der Waals surface area contributed by atoms with Gasteiger partial charge in [-0.05, 0) is 13.8 Å². The number of nitrogens with zero attached hydrogens (tertiary/aromatic N) is 1. The minimum Gasteiger partial charge on any atom is -0.399 e. The number of ether oxygens (including phenoxy) is 1. The Morgan fingerprint density at radius 2 is 2.07 bits per heavy atom. The summed E-state index contributed by atoms with van der Waals surface area (Å²) in [4.78, 5) is 31.1. The average molecular weight is 219 g/mol. The Morgan fingerprint density at radius 3 is 2.47 bits per heavy atom. The summed E-state index contributed by atoms with van der Waals surface area (Å²) in [5.41, 5.74) is 5.23. The van der Waals surface area contributed by atoms with E-state index in [0.717, 1.165) is 0 Å². The van der Waals surface area contributed by atoms with Gasteiger partial charge in [-0.3, -0.25) is 14.9 Å². The first-order valence-electron chi connectivity index (χ1n) is 4.19. The summed E-state index contributed by atoms with van der Waals surface area (Å²) < 4.78 is 4.25. The standard InChI is InChI=1S/C7H13N3O5/c1-4(8)6(11)9-5(2)7(12)15-3-10(13)14/h4-5H,3,8H2,1-2H3,(H,9,11). The first kappa shape index (κ1) is 13.3. The summed E-state index contributed by atoms with van der Waals surface area (Å²) in [7, 11) is 0. The fraction of sp³-hybridized carbons (Fsp3) is 0.714. The van der Waals surface area contributed by atoms with E-state index in [1.54, 1.807) is 0 Å². The lowest BCUT2D eigenvalue weighted by atomic mass is 10.3. The molecule has 8 nitrogen and oxygen atoms in total. The van der Waals surface area contributed by atoms with Crippen LogP contribution in [0.25, 0.3) is 0 Å². The van der Waals surface area contributed by atoms with Gasteiger partial charge in [-0.2, -0.15) is 0 Å². The molecule has 0 aromatic carbocycles. The molecule has 8 heteroatoms. The second-order valence-corrected chi connectivity index (χ2v) is 2.94. The number of hydrogen-bond acceptors (Lipinski definition) is 6. The zero-order valence-electron chi connectivity index (χ0n) is 8.43. The van der Waals surface area contributed by atoms with Crippen molar-refractivity contribution >= 4 is 11.9 Å². The lowest BCUT2D eigenvalue weighted by Crippen LogP contribution is -2.46. The Hall–Kier alpha value is -1.70. The predicted octanol–water partition coefficient (Wildman–Crippen LogP) is -1.38. The molecule has 0 bridgehead atoms. The van der Waals surface area contributed by atoms with E-state index in [2.05, 4.69) is 10.1 Å². The van der Waals surface area contributed by atoms with Gasteiger partial charge in [-0.15, -0.1) is 0 Å². The molecule has 0 aliphatic carbocycles. The molecule has 0 aromatic heterocycles. The molecule has 0 saturated heterocycles. The van der Waals surface area contributed by atoms with Gasteiger partial charge in [0.1, 0.15) is 6.04 Å². The van der Waals surface area contributed by atoms with Gasteiger partial charge in [0.05, 0.1) is 11.0 Å². The van der Waals surface area contributed by atoms with E-state index in [9.17, 15) is 19.7 Å². The zero-order chi connectivity index (χ0) is 12.0. The van der Waals surface area contributed by atoms with Crippen LogP contribution in [0.3, 0.4) is 0 Å². The molecule has 0 aromatic rings. The van der Waals surface area contributed by atoms with Crippen molar-refractivity contribution in [3.05, 3.63) is 10.1 Å². The van der Waals surface area contributed by atoms with Crippen LogP contribution in [0.15, 0.2) is 0 Å². The molecular weight excluding hydrogens is 206 g/mol. The number of carbonyl (C=O) groups excluding carboxylic acids is 2. The maximum Gasteiger partial charge on any atom is 0.346 e. The Morgan fingerprint density at radius 1 is 1.53 bits per heavy atom. The van der Waals surface area contributed by atoms with Crippen molar-refractivity contribution < 1.29 is 19.2 Å². The third kappa shape index (κ3) is 5.57. The molecule has 2 atom stereocenters. The molecule has 0 aliphatic heterocycles. The molecule has 86 valence electrons. The Balaban J connectivity index is 3.99. The normalized spacial score (nSPS) is 13.8. The third-order valence-electron chi connectivity index (χ3n) is 1.44. The van der Waals surface area contributed by atoms with Crippen molar-refractivity contribution in [2.75, 3.05) is 6.73 Å². The summed E-state index contributed by atoms with van der Waals surface area (Å²) in [6.07, 6.45) is 0. The summed E-state index contributed by atoms with van der Waals surface area (Å²) in [5.74, 6) is -1.40. The number of nitro groups is 1. The summed E-state index contributed by atoms with van der Waals surface area (Å²) in [6.45, 7) is 1.88. The van der Waals surface area contributed by atoms with Crippen LogP contribution >= 0.6 is 0 Å². The van der Waals surface area contributed by atoms with Gasteiger partial charge in [-0.1, -0.05) is 0 Å². The van der Waals surface area contributed by atoms with Gasteiger partial charge in [0.25, 0.3) is 0 Å². The van der Waals surface area contributed by atoms with E-state index >= 15 is 0 Å². The molecule has 1 amide bonds. The number of esters is 1. The minimum absolute atomic E-state index is 0.527. The van der Waals surface area contributed by atoms with Gasteiger partial charge < -0.3 is 15.8 Å². The first-order chi connectivity index (χ1) is 6.84. The van der Waals surface area contributed by atoms with E-state index in [0.29, 0.717) is 0 Å². The maximum atomic E-state index is 11.0. The fourth-order valence-corrected chi connectivity index (χ4v) is 0.645. The molecule has 0 rings (SSSR count). The van der Waals surface area contributed by atoms with E-state index in [-0.39, 0.29) is 0 Å². The van der Waals surface area contributed by atoms with Crippen molar-refractivity contribution in [1.82, 2.24) is 5.32 Å². The van der Waals surface area contributed by atoms with Crippen LogP contribution in [-0.2, 0) is 14.3 Å². The van der Waals surface area contributed by atoms with Crippen molar-refractivity contribution in [2.24, 2.45) is 5.73 Å². The predicted molar refractivity (Wildman–Crippen MR) is 49.2 cm³/mol. The molecule has 3 N–H and O–H groups in total. The van der Waals surface area contributed by atoms with Crippen LogP contribution in [0.1, 0.15) is 13.8 Å². The highest BCUT2D eigenvalue weighted by atomic mass is 16.7. The number of amides is 1. The minimum atomic E-state index is -0.955. The number of carbonyl (C=O) groups is 2. The number of nitrogens with two attached hydrogens (primary N) is 1. The molecule has 2 unspecified atom stereocenters. The SMILES string of the molecule is CC(N)C(=O)NC(C)C(=O)OC[N+](=O)[O-]. The van der Waals surface area contributed by atoms with Gasteiger partial charge in [0.15, 0.2) is 0 Å². The van der Waals surface area contributed by atoms with Crippen molar-refractivity contribution in [3.8, 4) is 0 Å². The molecule has 0 heterocycles. The monoisotopic (exact) mass is 219 g/mol. The highest BCUT2D eigenvalue weighted by Crippen LogP contribution is 1.89. The van der Waals surface area contributed by atoms with Crippen molar-refractivity contribution in [3.63, 3.8) is 0 Å². The molecule has 0 saturated carbocycles. The summed E-state index contributed by atoms with van der Waals surface area (Å²) >= 11 is 0. The van der Waals surface area contributed by atoms with Crippen molar-refractivity contribution in [2.45, 2.75) is 25.9 Å². The zero-order valence-corrected chi connectivity index (χ0v) is 8.43. The van der Waals surface area contributed by atoms with Crippen LogP contribution in [-0.4, -0.2) is 35.6 Å². The smallest absolute Gasteiger partial charge is 0.346 e. The fourth-order valence-electron chi connectivity index (χ4n) is 0.645. The second-order valence-electron chi connectivity index (χ2n) is 2.94. The third-order valence-corrected chi connectivity index (χ3v) is 1.44. The van der Waals surface area contributed by atoms with E-state index in [1.807, 2.05) is 0 Å². The van der Waals surface area contributed by atoms with Crippen LogP contribution in [0, 0.1) is 10.1 Å². The molecule has 0 aliphatic rings. The topological polar surface area (TPSA) is 125 Å². The van der Waals surface area contributed by atoms with Gasteiger partial charge in [0.2, 0.25) is 5.91 Å². The Labute approximate surface area is 85.9 Å². The summed E-state index contributed by atoms with van der Waals surface area (Å²) in [6, 6.07) is -1.71. The van der Waals surface area contributed by atoms with Crippen LogP contribution < -0.4 is 11.1 Å². The lowest BCUT2D eigenvalue weighted by molar-refractivity contribution is -0.519. The first-order valence-corrected chi connectivity index (χ1v) is 4.19. The van der Waals surface area contributed by atoms with Gasteiger partial charge in [-0.25, -0.2) is 4.79 Å². The van der Waals surface area contributed by atoms with Gasteiger partial charge >= 0.3 is 12.7 Å².